The van der Waals surface area contributed by atoms with Crippen LogP contribution < -0.4 is 4.90 Å². The van der Waals surface area contributed by atoms with Gasteiger partial charge in [0.05, 0.1) is 5.75 Å². The second-order valence-electron chi connectivity index (χ2n) is 8.01. The van der Waals surface area contributed by atoms with Gasteiger partial charge in [-0.2, -0.15) is 0 Å². The lowest BCUT2D eigenvalue weighted by molar-refractivity contribution is -0.128. The maximum Gasteiger partial charge on any atom is 0.233 e. The van der Waals surface area contributed by atoms with Gasteiger partial charge >= 0.3 is 0 Å². The van der Waals surface area contributed by atoms with Crippen LogP contribution in [0.5, 0.6) is 0 Å². The molecule has 1 amide bonds. The van der Waals surface area contributed by atoms with Crippen LogP contribution >= 0.6 is 11.8 Å². The Kier molecular flexibility index (Phi) is 7.43. The largest absolute Gasteiger partial charge is 0.353 e. The molecule has 1 aromatic heterocycles. The maximum atomic E-state index is 12.7. The van der Waals surface area contributed by atoms with Gasteiger partial charge in [0.2, 0.25) is 5.91 Å². The monoisotopic (exact) mass is 446 g/mol. The minimum atomic E-state index is 0.205. The predicted molar refractivity (Wildman–Crippen MR) is 131 cm³/mol. The summed E-state index contributed by atoms with van der Waals surface area (Å²) >= 11 is 1.60. The average Bonchev–Trinajstić information content (AvgIpc) is 2.84. The van der Waals surface area contributed by atoms with Gasteiger partial charge in [0.25, 0.3) is 0 Å². The number of nitrogens with zero attached hydrogens (tertiary/aromatic N) is 4. The van der Waals surface area contributed by atoms with E-state index in [-0.39, 0.29) is 5.91 Å². The number of carbonyl (C=O) groups excluding carboxylic acids is 1. The van der Waals surface area contributed by atoms with Gasteiger partial charge in [0.15, 0.2) is 0 Å². The first-order valence-corrected chi connectivity index (χ1v) is 12.2. The first kappa shape index (κ1) is 22.3. The average molecular weight is 447 g/mol. The Bertz CT molecular complexity index is 1030. The highest BCUT2D eigenvalue weighted by molar-refractivity contribution is 8.00. The van der Waals surface area contributed by atoms with E-state index in [1.165, 1.54) is 11.1 Å². The normalized spacial score (nSPS) is 13.9. The van der Waals surface area contributed by atoms with Crippen LogP contribution in [0.15, 0.2) is 65.6 Å². The highest BCUT2D eigenvalue weighted by Crippen LogP contribution is 2.26. The van der Waals surface area contributed by atoms with Crippen LogP contribution in [0, 0.1) is 6.92 Å². The van der Waals surface area contributed by atoms with Crippen molar-refractivity contribution in [3.63, 3.8) is 0 Å². The summed E-state index contributed by atoms with van der Waals surface area (Å²) < 4.78 is 0. The number of rotatable bonds is 7. The van der Waals surface area contributed by atoms with E-state index in [0.717, 1.165) is 61.3 Å². The van der Waals surface area contributed by atoms with Crippen LogP contribution in [0.1, 0.15) is 29.6 Å². The van der Waals surface area contributed by atoms with Gasteiger partial charge < -0.3 is 9.80 Å². The molecule has 1 aliphatic heterocycles. The minimum Gasteiger partial charge on any atom is -0.353 e. The van der Waals surface area contributed by atoms with E-state index in [1.54, 1.807) is 11.8 Å². The summed E-state index contributed by atoms with van der Waals surface area (Å²) in [4.78, 5) is 27.8. The zero-order valence-corrected chi connectivity index (χ0v) is 19.6. The van der Waals surface area contributed by atoms with Crippen molar-refractivity contribution in [2.45, 2.75) is 31.6 Å². The highest BCUT2D eigenvalue weighted by atomic mass is 32.2. The first-order valence-electron chi connectivity index (χ1n) is 11.2. The van der Waals surface area contributed by atoms with Crippen LogP contribution in [-0.2, 0) is 17.6 Å². The molecule has 4 rings (SSSR count). The molecular weight excluding hydrogens is 416 g/mol. The van der Waals surface area contributed by atoms with E-state index in [4.69, 9.17) is 9.97 Å². The fourth-order valence-corrected chi connectivity index (χ4v) is 4.92. The van der Waals surface area contributed by atoms with Crippen LogP contribution in [-0.4, -0.2) is 52.7 Å². The molecule has 0 atom stereocenters. The molecule has 32 heavy (non-hydrogen) atoms. The fourth-order valence-electron chi connectivity index (χ4n) is 4.09. The Labute approximate surface area is 194 Å². The lowest BCUT2D eigenvalue weighted by Crippen LogP contribution is -2.50. The molecule has 0 aliphatic carbocycles. The number of aryl methyl sites for hydroxylation is 2. The number of piperazine rings is 1. The third-order valence-electron chi connectivity index (χ3n) is 5.78. The molecule has 3 aromatic rings. The van der Waals surface area contributed by atoms with Crippen molar-refractivity contribution in [2.24, 2.45) is 0 Å². The van der Waals surface area contributed by atoms with Crippen LogP contribution in [0.4, 0.5) is 5.82 Å². The quantitative estimate of drug-likeness (QED) is 0.504. The van der Waals surface area contributed by atoms with Crippen molar-refractivity contribution in [3.8, 4) is 0 Å². The summed E-state index contributed by atoms with van der Waals surface area (Å²) in [7, 11) is 0. The van der Waals surface area contributed by atoms with Gasteiger partial charge in [-0.1, -0.05) is 55.5 Å². The van der Waals surface area contributed by atoms with E-state index < -0.39 is 0 Å². The summed E-state index contributed by atoms with van der Waals surface area (Å²) in [5.41, 5.74) is 3.60. The van der Waals surface area contributed by atoms with Gasteiger partial charge in [-0.25, -0.2) is 9.97 Å². The van der Waals surface area contributed by atoms with E-state index >= 15 is 0 Å². The van der Waals surface area contributed by atoms with Crippen molar-refractivity contribution in [3.05, 3.63) is 83.3 Å². The Hall–Kier alpha value is -2.86. The van der Waals surface area contributed by atoms with E-state index in [2.05, 4.69) is 36.1 Å². The Balaban J connectivity index is 1.44. The number of anilines is 1. The van der Waals surface area contributed by atoms with Crippen molar-refractivity contribution >= 4 is 23.5 Å². The lowest BCUT2D eigenvalue weighted by atomic mass is 10.0. The van der Waals surface area contributed by atoms with Crippen molar-refractivity contribution in [2.75, 3.05) is 36.8 Å². The summed E-state index contributed by atoms with van der Waals surface area (Å²) in [6.07, 6.45) is 1.71. The van der Waals surface area contributed by atoms with E-state index in [1.807, 2.05) is 48.2 Å². The maximum absolute atomic E-state index is 12.7. The van der Waals surface area contributed by atoms with E-state index in [0.29, 0.717) is 5.75 Å². The van der Waals surface area contributed by atoms with Gasteiger partial charge in [-0.15, -0.1) is 11.8 Å². The van der Waals surface area contributed by atoms with Crippen molar-refractivity contribution in [1.29, 1.82) is 0 Å². The summed E-state index contributed by atoms with van der Waals surface area (Å²) in [6, 6.07) is 20.6. The number of carbonyl (C=O) groups is 1. The van der Waals surface area contributed by atoms with Crippen molar-refractivity contribution < 1.29 is 4.79 Å². The third-order valence-corrected chi connectivity index (χ3v) is 6.78. The molecule has 0 unspecified atom stereocenters. The lowest BCUT2D eigenvalue weighted by Gasteiger charge is -2.36. The van der Waals surface area contributed by atoms with E-state index in [9.17, 15) is 4.79 Å². The van der Waals surface area contributed by atoms with Crippen molar-refractivity contribution in [1.82, 2.24) is 14.9 Å². The zero-order chi connectivity index (χ0) is 22.3. The number of hydrogen-bond donors (Lipinski definition) is 0. The molecule has 2 heterocycles. The Morgan fingerprint density at radius 2 is 1.59 bits per heavy atom. The number of thioether (sulfide) groups is 1. The van der Waals surface area contributed by atoms with Gasteiger partial charge in [-0.3, -0.25) is 4.79 Å². The number of aromatic nitrogens is 2. The van der Waals surface area contributed by atoms with Gasteiger partial charge in [0, 0.05) is 48.8 Å². The van der Waals surface area contributed by atoms with Crippen LogP contribution in [0.25, 0.3) is 0 Å². The van der Waals surface area contributed by atoms with Crippen LogP contribution in [0.2, 0.25) is 0 Å². The third kappa shape index (κ3) is 5.49. The first-order chi connectivity index (χ1) is 15.6. The molecule has 6 heteroatoms. The standard InChI is InChI=1S/C26H30N4OS/c1-3-24-23(18-21-10-6-4-7-11-21)26(28-20(2)27-24)30-16-14-29(15-17-30)25(31)19-32-22-12-8-5-9-13-22/h4-13H,3,14-19H2,1-2H3. The molecule has 2 aromatic carbocycles. The molecule has 5 nitrogen and oxygen atoms in total. The molecule has 1 fully saturated rings. The minimum absolute atomic E-state index is 0.205. The Morgan fingerprint density at radius 3 is 2.25 bits per heavy atom. The Morgan fingerprint density at radius 1 is 0.938 bits per heavy atom. The zero-order valence-electron chi connectivity index (χ0n) is 18.8. The molecule has 0 spiro atoms. The molecule has 0 bridgehead atoms. The smallest absolute Gasteiger partial charge is 0.233 e. The van der Waals surface area contributed by atoms with Gasteiger partial charge in [0.1, 0.15) is 11.6 Å². The SMILES string of the molecule is CCc1nc(C)nc(N2CCN(C(=O)CSc3ccccc3)CC2)c1Cc1ccccc1. The number of benzene rings is 2. The molecule has 0 radical (unpaired) electrons. The molecule has 1 aliphatic rings. The van der Waals surface area contributed by atoms with Gasteiger partial charge in [-0.05, 0) is 31.0 Å². The molecular formula is C26H30N4OS. The summed E-state index contributed by atoms with van der Waals surface area (Å²) in [5, 5.41) is 0. The molecule has 166 valence electrons. The fraction of sp³-hybridized carbons (Fsp3) is 0.346. The van der Waals surface area contributed by atoms with Crippen LogP contribution in [0.3, 0.4) is 0 Å². The topological polar surface area (TPSA) is 49.3 Å². The summed E-state index contributed by atoms with van der Waals surface area (Å²) in [6.45, 7) is 7.16. The number of amides is 1. The highest BCUT2D eigenvalue weighted by Gasteiger charge is 2.25. The second kappa shape index (κ2) is 10.6. The molecule has 0 N–H and O–H groups in total. The second-order valence-corrected chi connectivity index (χ2v) is 9.05. The molecule has 0 saturated carbocycles. The molecule has 1 saturated heterocycles. The number of hydrogen-bond acceptors (Lipinski definition) is 5. The summed E-state index contributed by atoms with van der Waals surface area (Å²) in [5.74, 6) is 2.53. The predicted octanol–water partition coefficient (Wildman–Crippen LogP) is 4.38.